The molecule has 0 spiro atoms. The number of nitrogen functional groups attached to an aromatic ring is 1. The van der Waals surface area contributed by atoms with E-state index >= 15 is 0 Å². The SMILES string of the molecule is C=C(/C=C(/C)C(CC)CCC)Nc1nc(C(C)(C)c2ccc(C(N)=O)c(N)c2)nc2c1CCCCC2. The number of allylic oxidation sites excluding steroid dienone is 2. The number of nitrogens with one attached hydrogen (secondary N) is 1. The summed E-state index contributed by atoms with van der Waals surface area (Å²) in [6, 6.07) is 5.39. The zero-order valence-electron chi connectivity index (χ0n) is 22.7. The largest absolute Gasteiger partial charge is 0.398 e. The molecule has 1 aromatic heterocycles. The van der Waals surface area contributed by atoms with Crippen molar-refractivity contribution in [1.29, 1.82) is 0 Å². The van der Waals surface area contributed by atoms with Gasteiger partial charge in [0.15, 0.2) is 0 Å². The first-order valence-electron chi connectivity index (χ1n) is 13.3. The van der Waals surface area contributed by atoms with Crippen LogP contribution in [0, 0.1) is 5.92 Å². The molecule has 1 amide bonds. The minimum atomic E-state index is -0.532. The Hall–Kier alpha value is -3.15. The van der Waals surface area contributed by atoms with E-state index in [-0.39, 0.29) is 0 Å². The lowest BCUT2D eigenvalue weighted by Crippen LogP contribution is -2.25. The van der Waals surface area contributed by atoms with Gasteiger partial charge in [0.05, 0.1) is 5.56 Å². The maximum Gasteiger partial charge on any atom is 0.250 e. The Kier molecular flexibility index (Phi) is 8.93. The van der Waals surface area contributed by atoms with Gasteiger partial charge in [0, 0.05) is 28.1 Å². The van der Waals surface area contributed by atoms with Crippen LogP contribution in [-0.2, 0) is 18.3 Å². The van der Waals surface area contributed by atoms with Gasteiger partial charge < -0.3 is 16.8 Å². The second-order valence-electron chi connectivity index (χ2n) is 10.6. The molecule has 194 valence electrons. The number of anilines is 2. The summed E-state index contributed by atoms with van der Waals surface area (Å²) in [6.45, 7) is 15.2. The number of aromatic nitrogens is 2. The monoisotopic (exact) mass is 489 g/mol. The lowest BCUT2D eigenvalue weighted by atomic mass is 9.82. The van der Waals surface area contributed by atoms with Crippen molar-refractivity contribution in [2.75, 3.05) is 11.1 Å². The van der Waals surface area contributed by atoms with Gasteiger partial charge in [0.2, 0.25) is 0 Å². The normalized spacial score (nSPS) is 15.1. The third-order valence-electron chi connectivity index (χ3n) is 7.49. The first-order valence-corrected chi connectivity index (χ1v) is 13.3. The van der Waals surface area contributed by atoms with Crippen molar-refractivity contribution in [3.8, 4) is 0 Å². The van der Waals surface area contributed by atoms with Gasteiger partial charge in [0.1, 0.15) is 11.6 Å². The van der Waals surface area contributed by atoms with Crippen LogP contribution in [0.4, 0.5) is 11.5 Å². The molecule has 0 radical (unpaired) electrons. The lowest BCUT2D eigenvalue weighted by molar-refractivity contribution is 0.100. The van der Waals surface area contributed by atoms with Crippen molar-refractivity contribution in [3.63, 3.8) is 0 Å². The first kappa shape index (κ1) is 27.4. The molecule has 1 aliphatic carbocycles. The maximum atomic E-state index is 11.7. The quantitative estimate of drug-likeness (QED) is 0.202. The molecule has 0 bridgehead atoms. The van der Waals surface area contributed by atoms with Crippen molar-refractivity contribution in [3.05, 3.63) is 70.3 Å². The molecule has 36 heavy (non-hydrogen) atoms. The van der Waals surface area contributed by atoms with Crippen LogP contribution in [0.1, 0.15) is 106 Å². The smallest absolute Gasteiger partial charge is 0.250 e. The van der Waals surface area contributed by atoms with E-state index in [0.29, 0.717) is 17.2 Å². The number of aryl methyl sites for hydroxylation is 1. The number of hydrogen-bond donors (Lipinski definition) is 3. The maximum absolute atomic E-state index is 11.7. The highest BCUT2D eigenvalue weighted by Crippen LogP contribution is 2.35. The third-order valence-corrected chi connectivity index (χ3v) is 7.49. The molecule has 0 fully saturated rings. The highest BCUT2D eigenvalue weighted by molar-refractivity contribution is 5.98. The van der Waals surface area contributed by atoms with Crippen LogP contribution in [0.3, 0.4) is 0 Å². The van der Waals surface area contributed by atoms with Crippen LogP contribution in [0.2, 0.25) is 0 Å². The predicted octanol–water partition coefficient (Wildman–Crippen LogP) is 6.45. The summed E-state index contributed by atoms with van der Waals surface area (Å²) in [4.78, 5) is 21.8. The highest BCUT2D eigenvalue weighted by atomic mass is 16.1. The second-order valence-corrected chi connectivity index (χ2v) is 10.6. The van der Waals surface area contributed by atoms with Crippen LogP contribution in [0.5, 0.6) is 0 Å². The highest BCUT2D eigenvalue weighted by Gasteiger charge is 2.30. The van der Waals surface area contributed by atoms with Crippen molar-refractivity contribution in [2.45, 2.75) is 91.4 Å². The molecule has 3 rings (SSSR count). The van der Waals surface area contributed by atoms with Gasteiger partial charge in [-0.25, -0.2) is 9.97 Å². The number of carbonyl (C=O) groups excluding carboxylic acids is 1. The molecule has 0 aliphatic heterocycles. The Morgan fingerprint density at radius 2 is 1.92 bits per heavy atom. The minimum Gasteiger partial charge on any atom is -0.398 e. The lowest BCUT2D eigenvalue weighted by Gasteiger charge is -2.27. The summed E-state index contributed by atoms with van der Waals surface area (Å²) in [5.41, 5.74) is 17.2. The average molecular weight is 490 g/mol. The summed E-state index contributed by atoms with van der Waals surface area (Å²) in [7, 11) is 0. The zero-order valence-corrected chi connectivity index (χ0v) is 22.7. The van der Waals surface area contributed by atoms with Gasteiger partial charge in [-0.05, 0) is 89.0 Å². The third kappa shape index (κ3) is 6.15. The summed E-state index contributed by atoms with van der Waals surface area (Å²) in [5.74, 6) is 1.61. The summed E-state index contributed by atoms with van der Waals surface area (Å²) < 4.78 is 0. The summed E-state index contributed by atoms with van der Waals surface area (Å²) in [5, 5.41) is 3.54. The minimum absolute atomic E-state index is 0.326. The van der Waals surface area contributed by atoms with Crippen molar-refractivity contribution in [2.24, 2.45) is 11.7 Å². The summed E-state index contributed by atoms with van der Waals surface area (Å²) >= 11 is 0. The molecule has 6 nitrogen and oxygen atoms in total. The number of rotatable bonds is 10. The number of fused-ring (bicyclic) bond motifs is 1. The summed E-state index contributed by atoms with van der Waals surface area (Å²) in [6.07, 6.45) is 11.0. The Morgan fingerprint density at radius 1 is 1.19 bits per heavy atom. The molecule has 1 heterocycles. The standard InChI is InChI=1S/C30H43N5O/c1-7-12-21(8-2)19(3)17-20(4)33-28-24-13-10-9-11-14-26(24)34-29(35-28)30(5,6)22-15-16-23(27(32)36)25(31)18-22/h15-18,21H,4,7-14,31H2,1-3,5-6H3,(H2,32,36)(H,33,34,35)/b19-17-. The number of nitrogens with two attached hydrogens (primary N) is 2. The molecule has 1 aromatic carbocycles. The fourth-order valence-electron chi connectivity index (χ4n) is 5.14. The number of amides is 1. The fraction of sp³-hybridized carbons (Fsp3) is 0.500. The Labute approximate surface area is 216 Å². The van der Waals surface area contributed by atoms with Gasteiger partial charge in [-0.3, -0.25) is 4.79 Å². The van der Waals surface area contributed by atoms with Crippen molar-refractivity contribution in [1.82, 2.24) is 9.97 Å². The van der Waals surface area contributed by atoms with Crippen molar-refractivity contribution < 1.29 is 4.79 Å². The Bertz CT molecular complexity index is 1150. The van der Waals surface area contributed by atoms with Crippen LogP contribution in [0.15, 0.2) is 42.1 Å². The molecule has 0 saturated carbocycles. The van der Waals surface area contributed by atoms with E-state index in [9.17, 15) is 4.79 Å². The molecule has 0 saturated heterocycles. The van der Waals surface area contributed by atoms with Gasteiger partial charge in [-0.15, -0.1) is 0 Å². The zero-order chi connectivity index (χ0) is 26.5. The van der Waals surface area contributed by atoms with Gasteiger partial charge in [-0.1, -0.05) is 44.9 Å². The van der Waals surface area contributed by atoms with E-state index in [4.69, 9.17) is 21.4 Å². The van der Waals surface area contributed by atoms with E-state index < -0.39 is 11.3 Å². The molecular weight excluding hydrogens is 446 g/mol. The molecule has 1 atom stereocenters. The molecule has 5 N–H and O–H groups in total. The fourth-order valence-corrected chi connectivity index (χ4v) is 5.14. The molecule has 2 aromatic rings. The number of benzene rings is 1. The van der Waals surface area contributed by atoms with Crippen LogP contribution >= 0.6 is 0 Å². The molecule has 6 heteroatoms. The second kappa shape index (κ2) is 11.7. The van der Waals surface area contributed by atoms with E-state index in [1.807, 2.05) is 12.1 Å². The van der Waals surface area contributed by atoms with E-state index in [2.05, 4.69) is 52.6 Å². The van der Waals surface area contributed by atoms with Crippen LogP contribution in [-0.4, -0.2) is 15.9 Å². The van der Waals surface area contributed by atoms with Gasteiger partial charge >= 0.3 is 0 Å². The Morgan fingerprint density at radius 3 is 2.56 bits per heavy atom. The van der Waals surface area contributed by atoms with E-state index in [1.54, 1.807) is 6.07 Å². The molecular formula is C30H43N5O. The molecule has 1 unspecified atom stereocenters. The topological polar surface area (TPSA) is 107 Å². The van der Waals surface area contributed by atoms with Crippen LogP contribution in [0.25, 0.3) is 0 Å². The number of nitrogens with zero attached hydrogens (tertiary/aromatic N) is 2. The van der Waals surface area contributed by atoms with E-state index in [1.165, 1.54) is 30.4 Å². The Balaban J connectivity index is 2.02. The predicted molar refractivity (Wildman–Crippen MR) is 150 cm³/mol. The van der Waals surface area contributed by atoms with Crippen LogP contribution < -0.4 is 16.8 Å². The average Bonchev–Trinajstić information content (AvgIpc) is 3.07. The van der Waals surface area contributed by atoms with Gasteiger partial charge in [0.25, 0.3) is 5.91 Å². The number of primary amides is 1. The first-order chi connectivity index (χ1) is 17.1. The van der Waals surface area contributed by atoms with Crippen molar-refractivity contribution >= 4 is 17.4 Å². The number of carbonyl (C=O) groups is 1. The molecule has 1 aliphatic rings. The number of hydrogen-bond acceptors (Lipinski definition) is 5. The van der Waals surface area contributed by atoms with Gasteiger partial charge in [-0.2, -0.15) is 0 Å². The van der Waals surface area contributed by atoms with E-state index in [0.717, 1.165) is 60.7 Å².